The Morgan fingerprint density at radius 3 is 1.65 bits per heavy atom. The average Bonchev–Trinajstić information content (AvgIpc) is 3.87. The molecule has 4 aromatic rings. The number of thiophene rings is 2. The first-order valence-corrected chi connectivity index (χ1v) is 21.7. The molecule has 0 aliphatic carbocycles. The van der Waals surface area contributed by atoms with Crippen LogP contribution in [0.25, 0.3) is 24.5 Å². The van der Waals surface area contributed by atoms with Crippen LogP contribution in [0.3, 0.4) is 0 Å². The highest BCUT2D eigenvalue weighted by atomic mass is 32.2. The monoisotopic (exact) mass is 716 g/mol. The van der Waals surface area contributed by atoms with Gasteiger partial charge in [-0.1, -0.05) is 160 Å². The lowest BCUT2D eigenvalue weighted by Gasteiger charge is -2.06. The van der Waals surface area contributed by atoms with Crippen molar-refractivity contribution < 1.29 is 0 Å². The van der Waals surface area contributed by atoms with Crippen molar-refractivity contribution in [3.05, 3.63) is 118 Å². The number of hydrogen-bond acceptors (Lipinski definition) is 6. The summed E-state index contributed by atoms with van der Waals surface area (Å²) in [5.74, 6) is 0. The Morgan fingerprint density at radius 1 is 0.500 bits per heavy atom. The largest absolute Gasteiger partial charge is 0.139 e. The third kappa shape index (κ3) is 8.18. The van der Waals surface area contributed by atoms with Gasteiger partial charge in [-0.3, -0.25) is 0 Å². The molecule has 2 aliphatic rings. The molecule has 0 saturated heterocycles. The van der Waals surface area contributed by atoms with E-state index in [4.69, 9.17) is 0 Å². The zero-order valence-electron chi connectivity index (χ0n) is 27.4. The van der Waals surface area contributed by atoms with E-state index in [2.05, 4.69) is 112 Å². The molecular weight excluding hydrogens is 673 g/mol. The summed E-state index contributed by atoms with van der Waals surface area (Å²) in [6.07, 6.45) is 12.8. The highest BCUT2D eigenvalue weighted by molar-refractivity contribution is 8.38. The standard InChI is InChI=1S/C40H44S6/c1-5-7-9-13-23-31-25-27(3)41-36(31)37-32(24-14-10-8-6-2)26-33(43-37)38-35(30-21-17-12-18-22-30)45-40(46-38)39-42-28(4)34(44-39)29-19-15-11-16-20-29/h11-12,15-22,25-26H,5-10,13-14,23-24H2,1-4H3. The van der Waals surface area contributed by atoms with E-state index in [0.29, 0.717) is 0 Å². The van der Waals surface area contributed by atoms with Crippen LogP contribution in [0.5, 0.6) is 0 Å². The van der Waals surface area contributed by atoms with Gasteiger partial charge in [0, 0.05) is 39.1 Å². The molecule has 0 radical (unpaired) electrons. The number of aryl methyl sites for hydroxylation is 3. The van der Waals surface area contributed by atoms with Crippen LogP contribution in [0.1, 0.15) is 104 Å². The van der Waals surface area contributed by atoms with Crippen molar-refractivity contribution in [2.75, 3.05) is 0 Å². The first kappa shape index (κ1) is 34.3. The molecule has 0 N–H and O–H groups in total. The van der Waals surface area contributed by atoms with Gasteiger partial charge in [0.05, 0.1) is 8.47 Å². The van der Waals surface area contributed by atoms with Gasteiger partial charge in [0.15, 0.2) is 0 Å². The fourth-order valence-electron chi connectivity index (χ4n) is 5.98. The van der Waals surface area contributed by atoms with Gasteiger partial charge in [-0.25, -0.2) is 0 Å². The lowest BCUT2D eigenvalue weighted by molar-refractivity contribution is 0.666. The van der Waals surface area contributed by atoms with Crippen molar-refractivity contribution in [3.63, 3.8) is 0 Å². The van der Waals surface area contributed by atoms with E-state index in [0.717, 1.165) is 0 Å². The second-order valence-corrected chi connectivity index (χ2v) is 19.2. The van der Waals surface area contributed by atoms with Crippen LogP contribution in [0.15, 0.2) is 86.2 Å². The quantitative estimate of drug-likeness (QED) is 0.119. The van der Waals surface area contributed by atoms with Crippen molar-refractivity contribution >= 4 is 84.4 Å². The van der Waals surface area contributed by atoms with Crippen molar-refractivity contribution in [2.45, 2.75) is 91.9 Å². The van der Waals surface area contributed by atoms with Gasteiger partial charge in [-0.2, -0.15) is 0 Å². The molecule has 2 aromatic carbocycles. The number of benzene rings is 2. The Labute approximate surface area is 302 Å². The van der Waals surface area contributed by atoms with Gasteiger partial charge in [-0.15, -0.1) is 22.7 Å². The predicted octanol–water partition coefficient (Wildman–Crippen LogP) is 15.3. The van der Waals surface area contributed by atoms with E-state index in [1.54, 1.807) is 16.0 Å². The smallest absolute Gasteiger partial charge is 0.0707 e. The van der Waals surface area contributed by atoms with E-state index < -0.39 is 0 Å². The number of allylic oxidation sites excluding steroid dienone is 1. The zero-order valence-corrected chi connectivity index (χ0v) is 32.3. The number of thioether (sulfide) groups is 4. The maximum atomic E-state index is 2.58. The zero-order chi connectivity index (χ0) is 31.9. The van der Waals surface area contributed by atoms with Crippen molar-refractivity contribution in [1.29, 1.82) is 0 Å². The molecule has 0 amide bonds. The van der Waals surface area contributed by atoms with Crippen LogP contribution < -0.4 is 0 Å². The Hall–Kier alpha value is -1.54. The maximum absolute atomic E-state index is 2.58. The van der Waals surface area contributed by atoms with E-state index in [1.807, 2.05) is 58.4 Å². The predicted molar refractivity (Wildman–Crippen MR) is 218 cm³/mol. The first-order valence-electron chi connectivity index (χ1n) is 16.8. The molecule has 46 heavy (non-hydrogen) atoms. The van der Waals surface area contributed by atoms with Gasteiger partial charge in [0.2, 0.25) is 0 Å². The molecule has 6 heteroatoms. The molecule has 2 aromatic heterocycles. The molecule has 6 rings (SSSR count). The van der Waals surface area contributed by atoms with Crippen LogP contribution in [0.4, 0.5) is 0 Å². The summed E-state index contributed by atoms with van der Waals surface area (Å²) < 4.78 is 2.85. The Balaban J connectivity index is 1.37. The van der Waals surface area contributed by atoms with Gasteiger partial charge < -0.3 is 0 Å². The van der Waals surface area contributed by atoms with Gasteiger partial charge in [0.25, 0.3) is 0 Å². The minimum absolute atomic E-state index is 1.17. The molecule has 2 aliphatic heterocycles. The summed E-state index contributed by atoms with van der Waals surface area (Å²) in [5, 5.41) is 0. The molecule has 240 valence electrons. The molecule has 0 bridgehead atoms. The Morgan fingerprint density at radius 2 is 1.02 bits per heavy atom. The summed E-state index contributed by atoms with van der Waals surface area (Å²) in [5.41, 5.74) is 5.79. The molecular formula is C40H44S6. The average molecular weight is 717 g/mol. The molecule has 0 saturated carbocycles. The summed E-state index contributed by atoms with van der Waals surface area (Å²) in [7, 11) is 0. The molecule has 4 heterocycles. The second-order valence-electron chi connectivity index (χ2n) is 12.1. The minimum atomic E-state index is 1.17. The van der Waals surface area contributed by atoms with Crippen LogP contribution in [0.2, 0.25) is 0 Å². The highest BCUT2D eigenvalue weighted by Gasteiger charge is 2.32. The fourth-order valence-corrected chi connectivity index (χ4v) is 14.3. The molecule has 0 nitrogen and oxygen atoms in total. The van der Waals surface area contributed by atoms with Crippen molar-refractivity contribution in [2.24, 2.45) is 0 Å². The third-order valence-corrected chi connectivity index (χ3v) is 16.8. The van der Waals surface area contributed by atoms with Crippen molar-refractivity contribution in [3.8, 4) is 9.75 Å². The minimum Gasteiger partial charge on any atom is -0.139 e. The molecule has 0 fully saturated rings. The van der Waals surface area contributed by atoms with Crippen LogP contribution >= 0.6 is 69.7 Å². The number of unbranched alkanes of at least 4 members (excludes halogenated alkanes) is 6. The topological polar surface area (TPSA) is 0 Å². The first-order chi connectivity index (χ1) is 22.6. The van der Waals surface area contributed by atoms with Crippen molar-refractivity contribution in [1.82, 2.24) is 0 Å². The number of hydrogen-bond donors (Lipinski definition) is 0. The molecule has 0 spiro atoms. The van der Waals surface area contributed by atoms with Crippen LogP contribution in [0, 0.1) is 6.92 Å². The lowest BCUT2D eigenvalue weighted by Crippen LogP contribution is -1.89. The summed E-state index contributed by atoms with van der Waals surface area (Å²) in [6.45, 7) is 9.20. The normalized spacial score (nSPS) is 16.8. The number of rotatable bonds is 14. The fraction of sp³-hybridized carbons (Fsp3) is 0.350. The lowest BCUT2D eigenvalue weighted by atomic mass is 10.0. The van der Waals surface area contributed by atoms with E-state index >= 15 is 0 Å². The van der Waals surface area contributed by atoms with Gasteiger partial charge >= 0.3 is 0 Å². The van der Waals surface area contributed by atoms with Crippen LogP contribution in [-0.2, 0) is 12.8 Å². The molecule has 0 unspecified atom stereocenters. The third-order valence-electron chi connectivity index (χ3n) is 8.37. The highest BCUT2D eigenvalue weighted by Crippen LogP contribution is 2.65. The summed E-state index contributed by atoms with van der Waals surface area (Å²) in [4.78, 5) is 11.6. The summed E-state index contributed by atoms with van der Waals surface area (Å²) >= 11 is 12.0. The summed E-state index contributed by atoms with van der Waals surface area (Å²) in [6, 6.07) is 27.1. The maximum Gasteiger partial charge on any atom is 0.0707 e. The Kier molecular flexibility index (Phi) is 12.5. The van der Waals surface area contributed by atoms with E-state index in [9.17, 15) is 0 Å². The molecule has 0 atom stereocenters. The van der Waals surface area contributed by atoms with Crippen LogP contribution in [-0.4, -0.2) is 0 Å². The van der Waals surface area contributed by atoms with E-state index in [-0.39, 0.29) is 0 Å². The Bertz CT molecular complexity index is 1720. The SMILES string of the molecule is CCCCCCc1cc(C)sc1-c1sc(C2=C(c3ccccc3)SC(=C3SC(C)=C(c4ccccc4)S3)S2)cc1CCCCCC. The van der Waals surface area contributed by atoms with E-state index in [1.165, 1.54) is 118 Å². The van der Waals surface area contributed by atoms with Gasteiger partial charge in [0.1, 0.15) is 0 Å². The second kappa shape index (κ2) is 16.7. The van der Waals surface area contributed by atoms with Gasteiger partial charge in [-0.05, 0) is 73.9 Å².